The molecule has 0 saturated heterocycles. The molecule has 0 fully saturated rings. The van der Waals surface area contributed by atoms with Crippen molar-refractivity contribution in [1.82, 2.24) is 0 Å². The van der Waals surface area contributed by atoms with Gasteiger partial charge in [0.05, 0.1) is 5.71 Å². The van der Waals surface area contributed by atoms with Crippen LogP contribution in [0.1, 0.15) is 23.1 Å². The minimum Gasteiger partial charge on any atom is -0.488 e. The molecule has 0 saturated carbocycles. The minimum atomic E-state index is -0.499. The molecule has 0 spiro atoms. The summed E-state index contributed by atoms with van der Waals surface area (Å²) in [6, 6.07) is 8.69. The first-order valence-corrected chi connectivity index (χ1v) is 6.59. The fourth-order valence-electron chi connectivity index (χ4n) is 2.52. The Balaban J connectivity index is 1.84. The van der Waals surface area contributed by atoms with Crippen LogP contribution >= 0.6 is 0 Å². The van der Waals surface area contributed by atoms with Gasteiger partial charge in [-0.05, 0) is 37.1 Å². The summed E-state index contributed by atoms with van der Waals surface area (Å²) in [7, 11) is 0. The quantitative estimate of drug-likeness (QED) is 0.692. The summed E-state index contributed by atoms with van der Waals surface area (Å²) < 4.78 is 32.3. The number of ether oxygens (including phenoxy) is 1. The van der Waals surface area contributed by atoms with Gasteiger partial charge in [-0.2, -0.15) is 0 Å². The van der Waals surface area contributed by atoms with Crippen molar-refractivity contribution in [3.63, 3.8) is 0 Å². The average molecular weight is 289 g/mol. The van der Waals surface area contributed by atoms with Gasteiger partial charge in [0.15, 0.2) is 0 Å². The monoisotopic (exact) mass is 289 g/mol. The Kier molecular flexibility index (Phi) is 3.56. The van der Waals surface area contributed by atoms with E-state index in [1.54, 1.807) is 12.1 Å². The molecule has 108 valence electrons. The first kappa shape index (κ1) is 13.5. The Hall–Kier alpha value is -2.43. The Morgan fingerprint density at radius 3 is 2.81 bits per heavy atom. The Labute approximate surface area is 120 Å². The number of halogens is 2. The molecule has 0 bridgehead atoms. The number of hydrogen-bond donors (Lipinski definition) is 1. The topological polar surface area (TPSA) is 41.8 Å². The van der Waals surface area contributed by atoms with Crippen molar-refractivity contribution in [3.05, 3.63) is 64.7 Å². The molecular weight excluding hydrogens is 276 g/mol. The third-order valence-corrected chi connectivity index (χ3v) is 3.57. The van der Waals surface area contributed by atoms with Gasteiger partial charge in [-0.1, -0.05) is 17.3 Å². The number of oxime groups is 1. The molecule has 1 aliphatic carbocycles. The predicted octanol–water partition coefficient (Wildman–Crippen LogP) is 3.67. The van der Waals surface area contributed by atoms with Crippen LogP contribution in [0.5, 0.6) is 5.75 Å². The molecule has 0 atom stereocenters. The van der Waals surface area contributed by atoms with Crippen LogP contribution in [0, 0.1) is 11.6 Å². The van der Waals surface area contributed by atoms with Crippen LogP contribution in [-0.4, -0.2) is 10.9 Å². The summed E-state index contributed by atoms with van der Waals surface area (Å²) >= 11 is 0. The number of nitrogens with zero attached hydrogens (tertiary/aromatic N) is 1. The van der Waals surface area contributed by atoms with E-state index in [9.17, 15) is 8.78 Å². The molecule has 0 unspecified atom stereocenters. The molecule has 1 N–H and O–H groups in total. The van der Waals surface area contributed by atoms with Gasteiger partial charge < -0.3 is 9.94 Å². The lowest BCUT2D eigenvalue weighted by Gasteiger charge is -2.11. The number of benzene rings is 2. The molecule has 1 aliphatic rings. The first-order chi connectivity index (χ1) is 10.2. The van der Waals surface area contributed by atoms with Crippen molar-refractivity contribution in [2.24, 2.45) is 5.16 Å². The fourth-order valence-corrected chi connectivity index (χ4v) is 2.52. The standard InChI is InChI=1S/C16H13F2NO2/c17-11-4-6-14(18)10(8-11)9-21-16-3-1-2-12-13(16)5-7-15(12)19-20/h1-4,6,8,20H,5,7,9H2/b19-15-. The number of fused-ring (bicyclic) bond motifs is 1. The summed E-state index contributed by atoms with van der Waals surface area (Å²) in [6.45, 7) is -0.0500. The van der Waals surface area contributed by atoms with Crippen molar-refractivity contribution < 1.29 is 18.7 Å². The maximum atomic E-state index is 13.6. The molecule has 3 nitrogen and oxygen atoms in total. The van der Waals surface area contributed by atoms with E-state index in [-0.39, 0.29) is 12.2 Å². The number of hydrogen-bond acceptors (Lipinski definition) is 3. The molecule has 2 aromatic rings. The molecule has 5 heteroatoms. The average Bonchev–Trinajstić information content (AvgIpc) is 2.92. The summed E-state index contributed by atoms with van der Waals surface area (Å²) in [4.78, 5) is 0. The molecule has 0 aromatic heterocycles. The van der Waals surface area contributed by atoms with Crippen LogP contribution in [0.2, 0.25) is 0 Å². The maximum Gasteiger partial charge on any atom is 0.130 e. The second-order valence-corrected chi connectivity index (χ2v) is 4.85. The Morgan fingerprint density at radius 1 is 1.14 bits per heavy atom. The molecule has 0 amide bonds. The summed E-state index contributed by atoms with van der Waals surface area (Å²) in [5, 5.41) is 12.2. The highest BCUT2D eigenvalue weighted by atomic mass is 19.1. The zero-order chi connectivity index (χ0) is 14.8. The van der Waals surface area contributed by atoms with Gasteiger partial charge in [0.2, 0.25) is 0 Å². The van der Waals surface area contributed by atoms with Gasteiger partial charge >= 0.3 is 0 Å². The largest absolute Gasteiger partial charge is 0.488 e. The normalized spacial score (nSPS) is 15.2. The highest BCUT2D eigenvalue weighted by molar-refractivity contribution is 6.04. The molecule has 2 aromatic carbocycles. The first-order valence-electron chi connectivity index (χ1n) is 6.59. The van der Waals surface area contributed by atoms with E-state index in [0.29, 0.717) is 24.3 Å². The van der Waals surface area contributed by atoms with Crippen molar-refractivity contribution in [1.29, 1.82) is 0 Å². The van der Waals surface area contributed by atoms with Gasteiger partial charge in [-0.15, -0.1) is 0 Å². The minimum absolute atomic E-state index is 0.0500. The van der Waals surface area contributed by atoms with Gasteiger partial charge in [0.25, 0.3) is 0 Å². The smallest absolute Gasteiger partial charge is 0.130 e. The van der Waals surface area contributed by atoms with Gasteiger partial charge in [-0.3, -0.25) is 0 Å². The van der Waals surface area contributed by atoms with E-state index in [4.69, 9.17) is 9.94 Å². The SMILES string of the molecule is O/N=C1/CCc2c(OCc3cc(F)ccc3F)cccc21. The molecule has 0 radical (unpaired) electrons. The second kappa shape index (κ2) is 5.52. The van der Waals surface area contributed by atoms with Crippen molar-refractivity contribution in [3.8, 4) is 5.75 Å². The molecule has 0 heterocycles. The lowest BCUT2D eigenvalue weighted by Crippen LogP contribution is -2.02. The maximum absolute atomic E-state index is 13.6. The van der Waals surface area contributed by atoms with Gasteiger partial charge in [0.1, 0.15) is 24.0 Å². The zero-order valence-electron chi connectivity index (χ0n) is 11.1. The Morgan fingerprint density at radius 2 is 2.00 bits per heavy atom. The van der Waals surface area contributed by atoms with E-state index in [1.807, 2.05) is 6.07 Å². The third kappa shape index (κ3) is 2.59. The summed E-state index contributed by atoms with van der Waals surface area (Å²) in [6.07, 6.45) is 1.34. The fraction of sp³-hybridized carbons (Fsp3) is 0.188. The molecule has 0 aliphatic heterocycles. The van der Waals surface area contributed by atoms with E-state index >= 15 is 0 Å². The van der Waals surface area contributed by atoms with Crippen molar-refractivity contribution >= 4 is 5.71 Å². The second-order valence-electron chi connectivity index (χ2n) is 4.85. The van der Waals surface area contributed by atoms with Crippen LogP contribution in [0.25, 0.3) is 0 Å². The highest BCUT2D eigenvalue weighted by Crippen LogP contribution is 2.31. The van der Waals surface area contributed by atoms with E-state index < -0.39 is 11.6 Å². The summed E-state index contributed by atoms with van der Waals surface area (Å²) in [5.41, 5.74) is 2.56. The zero-order valence-corrected chi connectivity index (χ0v) is 11.1. The Bertz CT molecular complexity index is 713. The lowest BCUT2D eigenvalue weighted by molar-refractivity contribution is 0.296. The van der Waals surface area contributed by atoms with Gasteiger partial charge in [0, 0.05) is 16.7 Å². The van der Waals surface area contributed by atoms with Crippen molar-refractivity contribution in [2.45, 2.75) is 19.4 Å². The van der Waals surface area contributed by atoms with Gasteiger partial charge in [-0.25, -0.2) is 8.78 Å². The molecule has 3 rings (SSSR count). The van der Waals surface area contributed by atoms with Crippen LogP contribution in [0.15, 0.2) is 41.6 Å². The third-order valence-electron chi connectivity index (χ3n) is 3.57. The van der Waals surface area contributed by atoms with Crippen LogP contribution in [0.4, 0.5) is 8.78 Å². The highest BCUT2D eigenvalue weighted by Gasteiger charge is 2.21. The van der Waals surface area contributed by atoms with Crippen LogP contribution < -0.4 is 4.74 Å². The molecule has 21 heavy (non-hydrogen) atoms. The summed E-state index contributed by atoms with van der Waals surface area (Å²) in [5.74, 6) is -0.389. The lowest BCUT2D eigenvalue weighted by atomic mass is 10.1. The number of rotatable bonds is 3. The van der Waals surface area contributed by atoms with Crippen molar-refractivity contribution in [2.75, 3.05) is 0 Å². The molecular formula is C16H13F2NO2. The van der Waals surface area contributed by atoms with E-state index in [0.717, 1.165) is 29.3 Å². The van der Waals surface area contributed by atoms with Crippen LogP contribution in [0.3, 0.4) is 0 Å². The predicted molar refractivity (Wildman–Crippen MR) is 73.8 cm³/mol. The van der Waals surface area contributed by atoms with Crippen LogP contribution in [-0.2, 0) is 13.0 Å². The van der Waals surface area contributed by atoms with E-state index in [1.165, 1.54) is 0 Å². The van der Waals surface area contributed by atoms with E-state index in [2.05, 4.69) is 5.16 Å².